The Balaban J connectivity index is 2.32. The maximum Gasteiger partial charge on any atom is 0.435 e. The number of halogens is 7. The molecule has 0 bridgehead atoms. The Bertz CT molecular complexity index is 1200. The van der Waals surface area contributed by atoms with Gasteiger partial charge in [0.15, 0.2) is 15.5 Å². The second kappa shape index (κ2) is 7.26. The summed E-state index contributed by atoms with van der Waals surface area (Å²) in [5.74, 6) is -2.58. The smallest absolute Gasteiger partial charge is 0.232 e. The molecule has 0 aliphatic rings. The van der Waals surface area contributed by atoms with Gasteiger partial charge in [-0.15, -0.1) is 0 Å². The van der Waals surface area contributed by atoms with Gasteiger partial charge in [0.1, 0.15) is 16.5 Å². The summed E-state index contributed by atoms with van der Waals surface area (Å²) in [6.45, 7) is 0. The Labute approximate surface area is 171 Å². The number of hydrogen-bond donors (Lipinski definition) is 0. The van der Waals surface area contributed by atoms with Gasteiger partial charge in [-0.05, 0) is 36.4 Å². The molecular formula is C17H9Cl2F5N2O2S. The lowest BCUT2D eigenvalue weighted by atomic mass is 10.1. The van der Waals surface area contributed by atoms with Crippen molar-refractivity contribution < 1.29 is 30.4 Å². The lowest BCUT2D eigenvalue weighted by Crippen LogP contribution is -2.07. The van der Waals surface area contributed by atoms with E-state index in [0.717, 1.165) is 0 Å². The van der Waals surface area contributed by atoms with E-state index in [2.05, 4.69) is 5.10 Å². The maximum atomic E-state index is 14.6. The molecule has 2 aromatic carbocycles. The Hall–Kier alpha value is -2.17. The normalized spacial score (nSPS) is 12.4. The highest BCUT2D eigenvalue weighted by molar-refractivity contribution is 7.90. The zero-order chi connectivity index (χ0) is 21.7. The molecule has 0 radical (unpaired) electrons. The predicted octanol–water partition coefficient (Wildman–Crippen LogP) is 5.55. The van der Waals surface area contributed by atoms with Crippen molar-refractivity contribution in [2.75, 3.05) is 6.26 Å². The Kier molecular flexibility index (Phi) is 5.39. The summed E-state index contributed by atoms with van der Waals surface area (Å²) in [5.41, 5.74) is -2.53. The SMILES string of the molecule is CS(=O)(=O)c1cc(F)c(-c2cc(C(F)(F)F)nn2-c2cc(Cl)cc(Cl)c2)cc1F. The van der Waals surface area contributed by atoms with Crippen LogP contribution in [0.4, 0.5) is 22.0 Å². The van der Waals surface area contributed by atoms with Gasteiger partial charge in [0, 0.05) is 21.9 Å². The molecule has 12 heteroatoms. The van der Waals surface area contributed by atoms with Crippen LogP contribution in [0.25, 0.3) is 16.9 Å². The molecule has 0 aliphatic heterocycles. The number of alkyl halides is 3. The molecule has 0 amide bonds. The third-order valence-electron chi connectivity index (χ3n) is 3.79. The zero-order valence-electron chi connectivity index (χ0n) is 14.2. The molecule has 4 nitrogen and oxygen atoms in total. The molecule has 0 unspecified atom stereocenters. The Morgan fingerprint density at radius 3 is 2.03 bits per heavy atom. The Morgan fingerprint density at radius 1 is 0.931 bits per heavy atom. The molecule has 154 valence electrons. The predicted molar refractivity (Wildman–Crippen MR) is 97.0 cm³/mol. The van der Waals surface area contributed by atoms with Crippen LogP contribution in [0.15, 0.2) is 41.3 Å². The van der Waals surface area contributed by atoms with Crippen LogP contribution >= 0.6 is 23.2 Å². The number of aromatic nitrogens is 2. The fourth-order valence-electron chi connectivity index (χ4n) is 2.58. The molecule has 29 heavy (non-hydrogen) atoms. The van der Waals surface area contributed by atoms with Crippen molar-refractivity contribution in [2.45, 2.75) is 11.1 Å². The van der Waals surface area contributed by atoms with Gasteiger partial charge in [-0.2, -0.15) is 18.3 Å². The van der Waals surface area contributed by atoms with E-state index in [9.17, 15) is 30.4 Å². The van der Waals surface area contributed by atoms with Gasteiger partial charge in [0.25, 0.3) is 0 Å². The molecule has 1 heterocycles. The first-order valence-electron chi connectivity index (χ1n) is 7.60. The van der Waals surface area contributed by atoms with Crippen molar-refractivity contribution in [2.24, 2.45) is 0 Å². The lowest BCUT2D eigenvalue weighted by molar-refractivity contribution is -0.141. The number of nitrogens with zero attached hydrogens (tertiary/aromatic N) is 2. The highest BCUT2D eigenvalue weighted by Crippen LogP contribution is 2.36. The monoisotopic (exact) mass is 470 g/mol. The van der Waals surface area contributed by atoms with Crippen molar-refractivity contribution in [3.05, 3.63) is 63.8 Å². The molecule has 1 aromatic heterocycles. The molecule has 0 saturated carbocycles. The first-order chi connectivity index (χ1) is 13.3. The lowest BCUT2D eigenvalue weighted by Gasteiger charge is -2.11. The number of benzene rings is 2. The van der Waals surface area contributed by atoms with E-state index in [-0.39, 0.29) is 15.7 Å². The first kappa shape index (κ1) is 21.5. The largest absolute Gasteiger partial charge is 0.435 e. The molecule has 0 atom stereocenters. The van der Waals surface area contributed by atoms with Gasteiger partial charge in [0.05, 0.1) is 11.4 Å². The molecule has 0 aliphatic carbocycles. The number of rotatable bonds is 3. The minimum absolute atomic E-state index is 0.0417. The third kappa shape index (κ3) is 4.39. The minimum Gasteiger partial charge on any atom is -0.232 e. The fraction of sp³-hybridized carbons (Fsp3) is 0.118. The van der Waals surface area contributed by atoms with E-state index in [4.69, 9.17) is 23.2 Å². The molecule has 0 N–H and O–H groups in total. The third-order valence-corrected chi connectivity index (χ3v) is 5.34. The highest BCUT2D eigenvalue weighted by atomic mass is 35.5. The highest BCUT2D eigenvalue weighted by Gasteiger charge is 2.36. The van der Waals surface area contributed by atoms with Crippen LogP contribution in [-0.2, 0) is 16.0 Å². The molecule has 0 saturated heterocycles. The average Bonchev–Trinajstić information content (AvgIpc) is 3.00. The molecule has 0 spiro atoms. The van der Waals surface area contributed by atoms with E-state index >= 15 is 0 Å². The fourth-order valence-corrected chi connectivity index (χ4v) is 3.82. The van der Waals surface area contributed by atoms with E-state index < -0.39 is 49.5 Å². The van der Waals surface area contributed by atoms with Crippen molar-refractivity contribution in [3.63, 3.8) is 0 Å². The quantitative estimate of drug-likeness (QED) is 0.471. The van der Waals surface area contributed by atoms with Crippen molar-refractivity contribution in [3.8, 4) is 16.9 Å². The summed E-state index contributed by atoms with van der Waals surface area (Å²) >= 11 is 11.7. The summed E-state index contributed by atoms with van der Waals surface area (Å²) in [7, 11) is -4.10. The molecule has 3 aromatic rings. The van der Waals surface area contributed by atoms with E-state index in [0.29, 0.717) is 29.1 Å². The van der Waals surface area contributed by atoms with Gasteiger partial charge >= 0.3 is 6.18 Å². The summed E-state index contributed by atoms with van der Waals surface area (Å²) in [6, 6.07) is 5.17. The first-order valence-corrected chi connectivity index (χ1v) is 10.3. The van der Waals surface area contributed by atoms with Crippen molar-refractivity contribution in [1.29, 1.82) is 0 Å². The maximum absolute atomic E-state index is 14.6. The molecule has 3 rings (SSSR count). The van der Waals surface area contributed by atoms with E-state index in [1.54, 1.807) is 0 Å². The van der Waals surface area contributed by atoms with Gasteiger partial charge in [0.2, 0.25) is 0 Å². The second-order valence-electron chi connectivity index (χ2n) is 5.99. The van der Waals surface area contributed by atoms with Crippen LogP contribution in [0, 0.1) is 11.6 Å². The van der Waals surface area contributed by atoms with Gasteiger partial charge in [-0.3, -0.25) is 0 Å². The van der Waals surface area contributed by atoms with Crippen LogP contribution < -0.4 is 0 Å². The molecule has 0 fully saturated rings. The number of sulfone groups is 1. The summed E-state index contributed by atoms with van der Waals surface area (Å²) < 4.78 is 92.3. The van der Waals surface area contributed by atoms with Gasteiger partial charge < -0.3 is 0 Å². The van der Waals surface area contributed by atoms with E-state index in [1.165, 1.54) is 18.2 Å². The molecular weight excluding hydrogens is 462 g/mol. The standard InChI is InChI=1S/C17H9Cl2F5N2O2S/c1-29(27,28)15-6-12(20)11(5-13(15)21)14-7-16(17(22,23)24)25-26(14)10-3-8(18)2-9(19)4-10/h2-7H,1H3. The second-order valence-corrected chi connectivity index (χ2v) is 8.84. The van der Waals surface area contributed by atoms with Gasteiger partial charge in [-0.25, -0.2) is 21.9 Å². The minimum atomic E-state index is -4.88. The topological polar surface area (TPSA) is 52.0 Å². The van der Waals surface area contributed by atoms with Crippen molar-refractivity contribution >= 4 is 33.0 Å². The summed E-state index contributed by atoms with van der Waals surface area (Å²) in [5, 5.41) is 3.56. The zero-order valence-corrected chi connectivity index (χ0v) is 16.6. The Morgan fingerprint density at radius 2 is 1.52 bits per heavy atom. The van der Waals surface area contributed by atoms with Crippen LogP contribution in [0.2, 0.25) is 10.0 Å². The summed E-state index contributed by atoms with van der Waals surface area (Å²) in [4.78, 5) is -0.924. The van der Waals surface area contributed by atoms with Crippen LogP contribution in [0.1, 0.15) is 5.69 Å². The summed E-state index contributed by atoms with van der Waals surface area (Å²) in [6.07, 6.45) is -4.21. The van der Waals surface area contributed by atoms with E-state index in [1.807, 2.05) is 0 Å². The van der Waals surface area contributed by atoms with Crippen LogP contribution in [0.3, 0.4) is 0 Å². The number of hydrogen-bond acceptors (Lipinski definition) is 3. The van der Waals surface area contributed by atoms with Crippen molar-refractivity contribution in [1.82, 2.24) is 9.78 Å². The average molecular weight is 471 g/mol. The van der Waals surface area contributed by atoms with Crippen LogP contribution in [0.5, 0.6) is 0 Å². The van der Waals surface area contributed by atoms with Crippen LogP contribution in [-0.4, -0.2) is 24.5 Å². The van der Waals surface area contributed by atoms with Gasteiger partial charge in [-0.1, -0.05) is 23.2 Å².